The third kappa shape index (κ3) is 5.51. The number of phenols is 1. The predicted molar refractivity (Wildman–Crippen MR) is 171 cm³/mol. The van der Waals surface area contributed by atoms with Crippen LogP contribution in [0, 0.1) is 5.92 Å². The molecule has 3 aromatic rings. The summed E-state index contributed by atoms with van der Waals surface area (Å²) in [6, 6.07) is 13.7. The zero-order chi connectivity index (χ0) is 31.6. The molecule has 2 unspecified atom stereocenters. The van der Waals surface area contributed by atoms with E-state index in [0.29, 0.717) is 39.3 Å². The average Bonchev–Trinajstić information content (AvgIpc) is 3.16. The second-order valence-corrected chi connectivity index (χ2v) is 14.8. The quantitative estimate of drug-likeness (QED) is 0.186. The van der Waals surface area contributed by atoms with Crippen molar-refractivity contribution < 1.29 is 24.2 Å². The van der Waals surface area contributed by atoms with Crippen molar-refractivity contribution in [2.24, 2.45) is 5.92 Å². The molecular formula is C37H41NO5. The summed E-state index contributed by atoms with van der Waals surface area (Å²) < 4.78 is 5.97. The van der Waals surface area contributed by atoms with Crippen molar-refractivity contribution in [1.82, 2.24) is 0 Å². The van der Waals surface area contributed by atoms with Gasteiger partial charge in [-0.2, -0.15) is 0 Å². The standard InChI is InChI=1S/C37H41NO5/c1-35(2,3)22-14-15-23-24(19-22)32(40)29(31(23)39)27-16-13-20-11-10-12-28(30(20)38-27)43-34(42)21-17-25(36(4,5)6)33(41)26(18-21)37(7,8)9/h10-19,27,29,38,41H,1-9H3. The number of aromatic hydroxyl groups is 1. The molecule has 1 heterocycles. The van der Waals surface area contributed by atoms with Crippen molar-refractivity contribution in [1.29, 1.82) is 0 Å². The highest BCUT2D eigenvalue weighted by Gasteiger charge is 2.44. The highest BCUT2D eigenvalue weighted by atomic mass is 16.5. The van der Waals surface area contributed by atoms with Crippen LogP contribution >= 0.6 is 0 Å². The van der Waals surface area contributed by atoms with Gasteiger partial charge in [0.15, 0.2) is 17.3 Å². The zero-order valence-corrected chi connectivity index (χ0v) is 26.5. The number of esters is 1. The molecule has 0 amide bonds. The average molecular weight is 580 g/mol. The SMILES string of the molecule is CC(C)(C)c1ccc2c(c1)C(=O)C(C1C=Cc3cccc(OC(=O)c4cc(C(C)(C)C)c(O)c(C(C)(C)C)c4)c3N1)C2=O. The monoisotopic (exact) mass is 579 g/mol. The number of carbonyl (C=O) groups is 3. The number of anilines is 1. The predicted octanol–water partition coefficient (Wildman–Crippen LogP) is 8.01. The summed E-state index contributed by atoms with van der Waals surface area (Å²) >= 11 is 0. The van der Waals surface area contributed by atoms with Crippen LogP contribution in [0.15, 0.2) is 54.6 Å². The highest BCUT2D eigenvalue weighted by Crippen LogP contribution is 2.42. The van der Waals surface area contributed by atoms with E-state index in [1.165, 1.54) is 0 Å². The number of fused-ring (bicyclic) bond motifs is 2. The lowest BCUT2D eigenvalue weighted by Gasteiger charge is -2.28. The third-order valence-corrected chi connectivity index (χ3v) is 8.36. The van der Waals surface area contributed by atoms with Crippen molar-refractivity contribution in [3.05, 3.63) is 93.6 Å². The van der Waals surface area contributed by atoms with E-state index in [1.807, 2.05) is 71.9 Å². The molecule has 0 aromatic heterocycles. The Morgan fingerprint density at radius 3 is 1.98 bits per heavy atom. The number of hydrogen-bond donors (Lipinski definition) is 2. The summed E-state index contributed by atoms with van der Waals surface area (Å²) in [4.78, 5) is 40.7. The van der Waals surface area contributed by atoms with Crippen LogP contribution in [0.4, 0.5) is 5.69 Å². The number of benzene rings is 3. The van der Waals surface area contributed by atoms with Crippen molar-refractivity contribution in [2.45, 2.75) is 84.6 Å². The molecule has 2 aliphatic rings. The largest absolute Gasteiger partial charge is 0.507 e. The number of rotatable bonds is 3. The van der Waals surface area contributed by atoms with Crippen LogP contribution in [0.5, 0.6) is 11.5 Å². The van der Waals surface area contributed by atoms with Crippen molar-refractivity contribution in [3.8, 4) is 11.5 Å². The fraction of sp³-hybridized carbons (Fsp3) is 0.378. The summed E-state index contributed by atoms with van der Waals surface area (Å²) in [5.41, 5.74) is 3.92. The summed E-state index contributed by atoms with van der Waals surface area (Å²) in [6.45, 7) is 18.1. The number of nitrogens with one attached hydrogen (secondary N) is 1. The minimum atomic E-state index is -0.917. The topological polar surface area (TPSA) is 92.7 Å². The van der Waals surface area contributed by atoms with Crippen molar-refractivity contribution in [3.63, 3.8) is 0 Å². The molecule has 0 fully saturated rings. The van der Waals surface area contributed by atoms with Crippen LogP contribution in [0.2, 0.25) is 0 Å². The smallest absolute Gasteiger partial charge is 0.343 e. The number of phenolic OH excluding ortho intramolecular Hbond substituents is 1. The first-order chi connectivity index (χ1) is 19.9. The van der Waals surface area contributed by atoms with Gasteiger partial charge in [0.1, 0.15) is 11.7 Å². The molecule has 2 atom stereocenters. The first kappa shape index (κ1) is 30.3. The molecule has 5 rings (SSSR count). The van der Waals surface area contributed by atoms with E-state index in [-0.39, 0.29) is 22.7 Å². The van der Waals surface area contributed by atoms with Gasteiger partial charge >= 0.3 is 5.97 Å². The maximum atomic E-state index is 13.6. The maximum absolute atomic E-state index is 13.6. The molecule has 1 aliphatic heterocycles. The Kier molecular flexibility index (Phi) is 7.19. The summed E-state index contributed by atoms with van der Waals surface area (Å²) in [5, 5.41) is 14.4. The lowest BCUT2D eigenvalue weighted by molar-refractivity contribution is 0.0732. The maximum Gasteiger partial charge on any atom is 0.343 e. The molecule has 0 spiro atoms. The van der Waals surface area contributed by atoms with E-state index in [4.69, 9.17) is 4.74 Å². The number of hydrogen-bond acceptors (Lipinski definition) is 6. The summed E-state index contributed by atoms with van der Waals surface area (Å²) in [6.07, 6.45) is 3.68. The minimum absolute atomic E-state index is 0.157. The van der Waals surface area contributed by atoms with E-state index >= 15 is 0 Å². The van der Waals surface area contributed by atoms with Crippen LogP contribution in [-0.2, 0) is 16.2 Å². The molecule has 0 bridgehead atoms. The Bertz CT molecular complexity index is 1660. The van der Waals surface area contributed by atoms with E-state index in [1.54, 1.807) is 30.3 Å². The Balaban J connectivity index is 1.46. The molecule has 3 aromatic carbocycles. The van der Waals surface area contributed by atoms with Gasteiger partial charge in [0.25, 0.3) is 0 Å². The number of ether oxygens (including phenoxy) is 1. The Labute approximate surface area is 254 Å². The van der Waals surface area contributed by atoms with Gasteiger partial charge in [-0.3, -0.25) is 9.59 Å². The van der Waals surface area contributed by atoms with Gasteiger partial charge in [-0.05, 0) is 46.1 Å². The lowest BCUT2D eigenvalue weighted by atomic mass is 9.78. The number of ketones is 2. The van der Waals surface area contributed by atoms with Crippen molar-refractivity contribution in [2.75, 3.05) is 5.32 Å². The van der Waals surface area contributed by atoms with E-state index in [2.05, 4.69) is 26.1 Å². The number of carbonyl (C=O) groups excluding carboxylic acids is 3. The van der Waals surface area contributed by atoms with Crippen molar-refractivity contribution >= 4 is 29.3 Å². The van der Waals surface area contributed by atoms with Crippen LogP contribution < -0.4 is 10.1 Å². The molecule has 0 saturated carbocycles. The molecule has 6 heteroatoms. The number of para-hydroxylation sites is 1. The Morgan fingerprint density at radius 2 is 1.40 bits per heavy atom. The molecule has 0 radical (unpaired) electrons. The Hall–Kier alpha value is -4.19. The second-order valence-electron chi connectivity index (χ2n) is 14.8. The zero-order valence-electron chi connectivity index (χ0n) is 26.5. The lowest BCUT2D eigenvalue weighted by Crippen LogP contribution is -2.36. The van der Waals surface area contributed by atoms with E-state index < -0.39 is 28.8 Å². The Morgan fingerprint density at radius 1 is 0.791 bits per heavy atom. The molecule has 43 heavy (non-hydrogen) atoms. The molecule has 224 valence electrons. The van der Waals surface area contributed by atoms with Gasteiger partial charge in [-0.15, -0.1) is 0 Å². The normalized spacial score (nSPS) is 18.3. The third-order valence-electron chi connectivity index (χ3n) is 8.36. The molecule has 0 saturated heterocycles. The van der Waals surface area contributed by atoms with Gasteiger partial charge in [0.05, 0.1) is 17.3 Å². The van der Waals surface area contributed by atoms with Gasteiger partial charge < -0.3 is 15.2 Å². The van der Waals surface area contributed by atoms with E-state index in [9.17, 15) is 19.5 Å². The summed E-state index contributed by atoms with van der Waals surface area (Å²) in [5.74, 6) is -1.42. The van der Waals surface area contributed by atoms with Gasteiger partial charge in [-0.25, -0.2) is 4.79 Å². The molecular weight excluding hydrogens is 538 g/mol. The number of Topliss-reactive ketones (excluding diaryl/α,β-unsaturated/α-hetero) is 2. The van der Waals surface area contributed by atoms with Crippen LogP contribution in [-0.4, -0.2) is 28.7 Å². The first-order valence-electron chi connectivity index (χ1n) is 14.8. The van der Waals surface area contributed by atoms with Gasteiger partial charge in [0, 0.05) is 27.8 Å². The fourth-order valence-electron chi connectivity index (χ4n) is 5.81. The second kappa shape index (κ2) is 10.2. The van der Waals surface area contributed by atoms with Gasteiger partial charge in [0.2, 0.25) is 0 Å². The van der Waals surface area contributed by atoms with Crippen LogP contribution in [0.1, 0.15) is 116 Å². The highest BCUT2D eigenvalue weighted by molar-refractivity contribution is 6.27. The molecule has 2 N–H and O–H groups in total. The van der Waals surface area contributed by atoms with Crippen LogP contribution in [0.3, 0.4) is 0 Å². The first-order valence-corrected chi connectivity index (χ1v) is 14.8. The fourth-order valence-corrected chi connectivity index (χ4v) is 5.81. The van der Waals surface area contributed by atoms with E-state index in [0.717, 1.165) is 11.1 Å². The van der Waals surface area contributed by atoms with Crippen LogP contribution in [0.25, 0.3) is 6.08 Å². The van der Waals surface area contributed by atoms with Gasteiger partial charge in [-0.1, -0.05) is 98.7 Å². The minimum Gasteiger partial charge on any atom is -0.507 e. The molecule has 1 aliphatic carbocycles. The summed E-state index contributed by atoms with van der Waals surface area (Å²) in [7, 11) is 0. The molecule has 6 nitrogen and oxygen atoms in total.